The predicted molar refractivity (Wildman–Crippen MR) is 71.6 cm³/mol. The molecule has 0 aliphatic rings. The second-order valence-electron chi connectivity index (χ2n) is 4.08. The minimum absolute atomic E-state index is 0.0796. The van der Waals surface area contributed by atoms with Gasteiger partial charge in [-0.25, -0.2) is 0 Å². The molecule has 0 bridgehead atoms. The van der Waals surface area contributed by atoms with Gasteiger partial charge in [0.1, 0.15) is 0 Å². The molecule has 2 N–H and O–H groups in total. The van der Waals surface area contributed by atoms with Crippen LogP contribution < -0.4 is 5.32 Å². The molecular weight excluding hydrogens is 248 g/mol. The molecule has 0 aromatic carbocycles. The Balaban J connectivity index is 1.79. The SMILES string of the molecule is Cn1cccc1C(O)CCNC(=O)c1cccs1. The van der Waals surface area contributed by atoms with E-state index in [1.807, 2.05) is 41.4 Å². The molecule has 1 amide bonds. The van der Waals surface area contributed by atoms with E-state index in [4.69, 9.17) is 0 Å². The van der Waals surface area contributed by atoms with Crippen molar-refractivity contribution in [3.63, 3.8) is 0 Å². The van der Waals surface area contributed by atoms with Gasteiger partial charge in [-0.3, -0.25) is 4.79 Å². The van der Waals surface area contributed by atoms with E-state index >= 15 is 0 Å². The molecule has 0 fully saturated rings. The van der Waals surface area contributed by atoms with Crippen LogP contribution in [0.25, 0.3) is 0 Å². The third-order valence-electron chi connectivity index (χ3n) is 2.77. The first-order valence-electron chi connectivity index (χ1n) is 5.79. The molecule has 0 saturated heterocycles. The van der Waals surface area contributed by atoms with Gasteiger partial charge in [-0.2, -0.15) is 0 Å². The third-order valence-corrected chi connectivity index (χ3v) is 3.64. The fourth-order valence-corrected chi connectivity index (χ4v) is 2.43. The van der Waals surface area contributed by atoms with Crippen molar-refractivity contribution in [3.05, 3.63) is 46.4 Å². The van der Waals surface area contributed by atoms with Crippen LogP contribution in [-0.4, -0.2) is 22.1 Å². The van der Waals surface area contributed by atoms with Crippen LogP contribution in [0, 0.1) is 0 Å². The number of aliphatic hydroxyl groups excluding tert-OH is 1. The summed E-state index contributed by atoms with van der Waals surface area (Å²) in [6, 6.07) is 7.40. The molecule has 1 atom stereocenters. The number of carbonyl (C=O) groups is 1. The predicted octanol–water partition coefficient (Wildman–Crippen LogP) is 1.94. The normalized spacial score (nSPS) is 12.3. The topological polar surface area (TPSA) is 54.3 Å². The highest BCUT2D eigenvalue weighted by Gasteiger charge is 2.11. The number of aromatic nitrogens is 1. The Morgan fingerprint density at radius 2 is 2.33 bits per heavy atom. The Morgan fingerprint density at radius 3 is 2.94 bits per heavy atom. The highest BCUT2D eigenvalue weighted by atomic mass is 32.1. The largest absolute Gasteiger partial charge is 0.387 e. The molecule has 0 aliphatic heterocycles. The van der Waals surface area contributed by atoms with E-state index < -0.39 is 6.10 Å². The number of aryl methyl sites for hydroxylation is 1. The van der Waals surface area contributed by atoms with Crippen LogP contribution in [-0.2, 0) is 7.05 Å². The molecule has 2 aromatic rings. The van der Waals surface area contributed by atoms with Gasteiger partial charge in [0.05, 0.1) is 11.0 Å². The van der Waals surface area contributed by atoms with Crippen molar-refractivity contribution in [1.29, 1.82) is 0 Å². The van der Waals surface area contributed by atoms with Crippen LogP contribution in [0.4, 0.5) is 0 Å². The van der Waals surface area contributed by atoms with Crippen LogP contribution in [0.1, 0.15) is 27.9 Å². The molecule has 0 saturated carbocycles. The van der Waals surface area contributed by atoms with Gasteiger partial charge in [-0.15, -0.1) is 11.3 Å². The summed E-state index contributed by atoms with van der Waals surface area (Å²) in [5.74, 6) is -0.0796. The standard InChI is InChI=1S/C13H16N2O2S/c1-15-8-2-4-10(15)11(16)6-7-14-13(17)12-5-3-9-18-12/h2-5,8-9,11,16H,6-7H2,1H3,(H,14,17). The lowest BCUT2D eigenvalue weighted by molar-refractivity contribution is 0.0945. The van der Waals surface area contributed by atoms with Crippen molar-refractivity contribution in [2.45, 2.75) is 12.5 Å². The average Bonchev–Trinajstić information content (AvgIpc) is 2.99. The van der Waals surface area contributed by atoms with E-state index in [0.29, 0.717) is 17.8 Å². The highest BCUT2D eigenvalue weighted by molar-refractivity contribution is 7.12. The van der Waals surface area contributed by atoms with Crippen LogP contribution in [0.2, 0.25) is 0 Å². The summed E-state index contributed by atoms with van der Waals surface area (Å²) in [5.41, 5.74) is 0.861. The van der Waals surface area contributed by atoms with Gasteiger partial charge >= 0.3 is 0 Å². The van der Waals surface area contributed by atoms with Crippen molar-refractivity contribution < 1.29 is 9.90 Å². The molecule has 5 heteroatoms. The second-order valence-corrected chi connectivity index (χ2v) is 5.03. The molecule has 96 valence electrons. The number of nitrogens with zero attached hydrogens (tertiary/aromatic N) is 1. The number of rotatable bonds is 5. The summed E-state index contributed by atoms with van der Waals surface area (Å²) in [7, 11) is 1.89. The first-order valence-corrected chi connectivity index (χ1v) is 6.67. The van der Waals surface area contributed by atoms with E-state index in [1.165, 1.54) is 11.3 Å². The van der Waals surface area contributed by atoms with Crippen molar-refractivity contribution in [2.75, 3.05) is 6.54 Å². The lowest BCUT2D eigenvalue weighted by Crippen LogP contribution is -2.25. The molecule has 2 heterocycles. The van der Waals surface area contributed by atoms with E-state index in [1.54, 1.807) is 6.07 Å². The zero-order valence-electron chi connectivity index (χ0n) is 10.2. The minimum atomic E-state index is -0.548. The Kier molecular flexibility index (Phi) is 4.17. The lowest BCUT2D eigenvalue weighted by Gasteiger charge is -2.12. The van der Waals surface area contributed by atoms with Crippen molar-refractivity contribution in [3.8, 4) is 0 Å². The summed E-state index contributed by atoms with van der Waals surface area (Å²) in [6.45, 7) is 0.461. The van der Waals surface area contributed by atoms with E-state index in [2.05, 4.69) is 5.32 Å². The summed E-state index contributed by atoms with van der Waals surface area (Å²) < 4.78 is 1.88. The Labute approximate surface area is 110 Å². The zero-order chi connectivity index (χ0) is 13.0. The van der Waals surface area contributed by atoms with Gasteiger partial charge in [0, 0.05) is 25.5 Å². The van der Waals surface area contributed by atoms with E-state index in [0.717, 1.165) is 5.69 Å². The van der Waals surface area contributed by atoms with Crippen molar-refractivity contribution in [2.24, 2.45) is 7.05 Å². The monoisotopic (exact) mass is 264 g/mol. The highest BCUT2D eigenvalue weighted by Crippen LogP contribution is 2.15. The van der Waals surface area contributed by atoms with E-state index in [-0.39, 0.29) is 5.91 Å². The van der Waals surface area contributed by atoms with Gasteiger partial charge in [0.2, 0.25) is 0 Å². The lowest BCUT2D eigenvalue weighted by atomic mass is 10.2. The maximum Gasteiger partial charge on any atom is 0.261 e. The minimum Gasteiger partial charge on any atom is -0.387 e. The molecule has 18 heavy (non-hydrogen) atoms. The number of hydrogen-bond acceptors (Lipinski definition) is 3. The number of aliphatic hydroxyl groups is 1. The van der Waals surface area contributed by atoms with E-state index in [9.17, 15) is 9.90 Å². The molecule has 2 rings (SSSR count). The fraction of sp³-hybridized carbons (Fsp3) is 0.308. The summed E-state index contributed by atoms with van der Waals surface area (Å²) >= 11 is 1.41. The number of nitrogens with one attached hydrogen (secondary N) is 1. The van der Waals surface area contributed by atoms with Gasteiger partial charge in [0.25, 0.3) is 5.91 Å². The summed E-state index contributed by atoms with van der Waals surface area (Å²) in [4.78, 5) is 12.4. The Morgan fingerprint density at radius 1 is 1.50 bits per heavy atom. The van der Waals surface area contributed by atoms with Crippen LogP contribution in [0.3, 0.4) is 0 Å². The molecule has 4 nitrogen and oxygen atoms in total. The molecule has 0 aliphatic carbocycles. The first-order chi connectivity index (χ1) is 8.68. The molecule has 2 aromatic heterocycles. The first kappa shape index (κ1) is 12.9. The Bertz CT molecular complexity index is 505. The maximum atomic E-state index is 11.7. The number of hydrogen-bond donors (Lipinski definition) is 2. The van der Waals surface area contributed by atoms with Crippen LogP contribution in [0.5, 0.6) is 0 Å². The molecule has 0 spiro atoms. The number of amides is 1. The molecule has 0 radical (unpaired) electrons. The van der Waals surface area contributed by atoms with Crippen molar-refractivity contribution in [1.82, 2.24) is 9.88 Å². The zero-order valence-corrected chi connectivity index (χ0v) is 11.0. The van der Waals surface area contributed by atoms with Gasteiger partial charge in [-0.05, 0) is 30.0 Å². The van der Waals surface area contributed by atoms with Crippen LogP contribution in [0.15, 0.2) is 35.8 Å². The third kappa shape index (κ3) is 3.00. The van der Waals surface area contributed by atoms with Crippen LogP contribution >= 0.6 is 11.3 Å². The Hall–Kier alpha value is -1.59. The molecule has 1 unspecified atom stereocenters. The summed E-state index contributed by atoms with van der Waals surface area (Å²) in [5, 5.41) is 14.6. The number of thiophene rings is 1. The maximum absolute atomic E-state index is 11.7. The quantitative estimate of drug-likeness (QED) is 0.867. The molecular formula is C13H16N2O2S. The number of carbonyl (C=O) groups excluding carboxylic acids is 1. The summed E-state index contributed by atoms with van der Waals surface area (Å²) in [6.07, 6.45) is 1.85. The average molecular weight is 264 g/mol. The fourth-order valence-electron chi connectivity index (χ4n) is 1.79. The second kappa shape index (κ2) is 5.84. The smallest absolute Gasteiger partial charge is 0.261 e. The van der Waals surface area contributed by atoms with Gasteiger partial charge in [-0.1, -0.05) is 6.07 Å². The van der Waals surface area contributed by atoms with Gasteiger partial charge < -0.3 is 15.0 Å². The van der Waals surface area contributed by atoms with Crippen molar-refractivity contribution >= 4 is 17.2 Å². The van der Waals surface area contributed by atoms with Gasteiger partial charge in [0.15, 0.2) is 0 Å².